The first kappa shape index (κ1) is 9.93. The smallest absolute Gasteiger partial charge is 0.227 e. The molecule has 0 bridgehead atoms. The van der Waals surface area contributed by atoms with Crippen LogP contribution in [0.4, 0.5) is 0 Å². The highest BCUT2D eigenvalue weighted by Gasteiger charge is 2.33. The monoisotopic (exact) mass is 197 g/mol. The van der Waals surface area contributed by atoms with Gasteiger partial charge in [0.2, 0.25) is 5.91 Å². The van der Waals surface area contributed by atoms with Gasteiger partial charge < -0.3 is 15.5 Å². The van der Waals surface area contributed by atoms with Gasteiger partial charge in [0.1, 0.15) is 0 Å². The third kappa shape index (κ3) is 1.91. The van der Waals surface area contributed by atoms with E-state index < -0.39 is 0 Å². The van der Waals surface area contributed by atoms with E-state index in [0.717, 1.165) is 39.0 Å². The van der Waals surface area contributed by atoms with E-state index >= 15 is 0 Å². The number of carbonyl (C=O) groups is 1. The molecular weight excluding hydrogens is 178 g/mol. The van der Waals surface area contributed by atoms with E-state index in [2.05, 4.69) is 11.9 Å². The highest BCUT2D eigenvalue weighted by molar-refractivity contribution is 5.80. The van der Waals surface area contributed by atoms with Crippen LogP contribution in [0.25, 0.3) is 0 Å². The van der Waals surface area contributed by atoms with E-state index in [1.165, 1.54) is 0 Å². The highest BCUT2D eigenvalue weighted by Crippen LogP contribution is 2.20. The number of nitrogens with zero attached hydrogens (tertiary/aromatic N) is 2. The Kier molecular flexibility index (Phi) is 2.74. The van der Waals surface area contributed by atoms with Gasteiger partial charge in [0.05, 0.1) is 5.92 Å². The molecule has 2 aliphatic rings. The molecule has 14 heavy (non-hydrogen) atoms. The lowest BCUT2D eigenvalue weighted by molar-refractivity contribution is -0.141. The van der Waals surface area contributed by atoms with Crippen LogP contribution in [0.5, 0.6) is 0 Å². The molecule has 4 heteroatoms. The lowest BCUT2D eigenvalue weighted by Crippen LogP contribution is -2.60. The van der Waals surface area contributed by atoms with Crippen LogP contribution >= 0.6 is 0 Å². The maximum atomic E-state index is 11.9. The Balaban J connectivity index is 1.85. The number of piperidine rings is 1. The van der Waals surface area contributed by atoms with Crippen molar-refractivity contribution in [1.82, 2.24) is 9.80 Å². The first-order valence-corrected chi connectivity index (χ1v) is 5.39. The van der Waals surface area contributed by atoms with Crippen molar-refractivity contribution in [3.8, 4) is 0 Å². The van der Waals surface area contributed by atoms with Gasteiger partial charge in [0, 0.05) is 25.7 Å². The average molecular weight is 197 g/mol. The number of hydrogen-bond donors (Lipinski definition) is 1. The summed E-state index contributed by atoms with van der Waals surface area (Å²) in [6.45, 7) is 3.58. The number of carbonyl (C=O) groups excluding carboxylic acids is 1. The minimum Gasteiger partial charge on any atom is -0.339 e. The summed E-state index contributed by atoms with van der Waals surface area (Å²) in [5, 5.41) is 0. The second kappa shape index (κ2) is 3.87. The number of amides is 1. The van der Waals surface area contributed by atoms with Gasteiger partial charge in [-0.15, -0.1) is 0 Å². The lowest BCUT2D eigenvalue weighted by Gasteiger charge is -2.40. The summed E-state index contributed by atoms with van der Waals surface area (Å²) >= 11 is 0. The molecule has 2 heterocycles. The van der Waals surface area contributed by atoms with Crippen LogP contribution in [0.2, 0.25) is 0 Å². The molecule has 0 aliphatic carbocycles. The van der Waals surface area contributed by atoms with Crippen molar-refractivity contribution in [3.63, 3.8) is 0 Å². The zero-order chi connectivity index (χ0) is 10.1. The molecule has 0 saturated carbocycles. The van der Waals surface area contributed by atoms with E-state index in [9.17, 15) is 4.79 Å². The number of likely N-dealkylation sites (tertiary alicyclic amines) is 2. The van der Waals surface area contributed by atoms with Crippen molar-refractivity contribution in [1.29, 1.82) is 0 Å². The van der Waals surface area contributed by atoms with Gasteiger partial charge in [-0.05, 0) is 26.4 Å². The molecular formula is C10H19N3O. The molecule has 2 N–H and O–H groups in total. The summed E-state index contributed by atoms with van der Waals surface area (Å²) in [5.74, 6) is 0.541. The molecule has 2 saturated heterocycles. The van der Waals surface area contributed by atoms with Gasteiger partial charge in [-0.3, -0.25) is 4.79 Å². The molecule has 0 spiro atoms. The van der Waals surface area contributed by atoms with Crippen molar-refractivity contribution in [2.75, 3.05) is 33.2 Å². The second-order valence-corrected chi connectivity index (χ2v) is 4.60. The molecule has 80 valence electrons. The first-order valence-electron chi connectivity index (χ1n) is 5.39. The first-order chi connectivity index (χ1) is 6.66. The Morgan fingerprint density at radius 2 is 2.07 bits per heavy atom. The SMILES string of the molecule is CN1CCC[C@@H](C(=O)N2CC(N)C2)C1. The standard InChI is InChI=1S/C10H19N3O/c1-12-4-2-3-8(5-12)10(14)13-6-9(11)7-13/h8-9H,2-7,11H2,1H3/t8-/m1/s1. The van der Waals surface area contributed by atoms with Crippen molar-refractivity contribution in [2.45, 2.75) is 18.9 Å². The van der Waals surface area contributed by atoms with Crippen LogP contribution in [0.3, 0.4) is 0 Å². The molecule has 0 unspecified atom stereocenters. The number of rotatable bonds is 1. The minimum atomic E-state index is 0.222. The van der Waals surface area contributed by atoms with E-state index in [4.69, 9.17) is 5.73 Å². The van der Waals surface area contributed by atoms with E-state index in [-0.39, 0.29) is 12.0 Å². The Labute approximate surface area is 85.0 Å². The Bertz CT molecular complexity index is 225. The van der Waals surface area contributed by atoms with Gasteiger partial charge >= 0.3 is 0 Å². The van der Waals surface area contributed by atoms with E-state index in [1.54, 1.807) is 0 Å². The van der Waals surface area contributed by atoms with Crippen LogP contribution in [-0.2, 0) is 4.79 Å². The summed E-state index contributed by atoms with van der Waals surface area (Å²) < 4.78 is 0. The maximum absolute atomic E-state index is 11.9. The van der Waals surface area contributed by atoms with Crippen molar-refractivity contribution in [2.24, 2.45) is 11.7 Å². The average Bonchev–Trinajstić information content (AvgIpc) is 2.12. The largest absolute Gasteiger partial charge is 0.339 e. The highest BCUT2D eigenvalue weighted by atomic mass is 16.2. The van der Waals surface area contributed by atoms with Gasteiger partial charge in [-0.1, -0.05) is 0 Å². The summed E-state index contributed by atoms with van der Waals surface area (Å²) in [4.78, 5) is 16.1. The zero-order valence-corrected chi connectivity index (χ0v) is 8.78. The molecule has 4 nitrogen and oxygen atoms in total. The predicted octanol–water partition coefficient (Wildman–Crippen LogP) is -0.502. The predicted molar refractivity (Wildman–Crippen MR) is 54.8 cm³/mol. The molecule has 2 fully saturated rings. The Morgan fingerprint density at radius 1 is 1.36 bits per heavy atom. The second-order valence-electron chi connectivity index (χ2n) is 4.60. The third-order valence-electron chi connectivity index (χ3n) is 3.20. The maximum Gasteiger partial charge on any atom is 0.227 e. The molecule has 2 rings (SSSR count). The van der Waals surface area contributed by atoms with Crippen LogP contribution in [0.1, 0.15) is 12.8 Å². The third-order valence-corrected chi connectivity index (χ3v) is 3.20. The fourth-order valence-electron chi connectivity index (χ4n) is 2.32. The van der Waals surface area contributed by atoms with E-state index in [1.807, 2.05) is 4.90 Å². The van der Waals surface area contributed by atoms with Gasteiger partial charge in [0.15, 0.2) is 0 Å². The molecule has 1 amide bonds. The molecule has 1 atom stereocenters. The Morgan fingerprint density at radius 3 is 2.64 bits per heavy atom. The minimum absolute atomic E-state index is 0.222. The zero-order valence-electron chi connectivity index (χ0n) is 8.78. The normalized spacial score (nSPS) is 30.1. The Hall–Kier alpha value is -0.610. The van der Waals surface area contributed by atoms with Crippen LogP contribution < -0.4 is 5.73 Å². The molecule has 2 aliphatic heterocycles. The number of hydrogen-bond acceptors (Lipinski definition) is 3. The molecule has 0 aromatic carbocycles. The molecule has 0 aromatic heterocycles. The fourth-order valence-corrected chi connectivity index (χ4v) is 2.32. The number of nitrogens with two attached hydrogens (primary N) is 1. The van der Waals surface area contributed by atoms with E-state index in [0.29, 0.717) is 5.91 Å². The van der Waals surface area contributed by atoms with Crippen LogP contribution in [0.15, 0.2) is 0 Å². The van der Waals surface area contributed by atoms with Crippen molar-refractivity contribution < 1.29 is 4.79 Å². The van der Waals surface area contributed by atoms with Gasteiger partial charge in [-0.25, -0.2) is 0 Å². The molecule has 0 aromatic rings. The summed E-state index contributed by atoms with van der Waals surface area (Å²) in [6, 6.07) is 0.222. The van der Waals surface area contributed by atoms with Crippen molar-refractivity contribution >= 4 is 5.91 Å². The molecule has 0 radical (unpaired) electrons. The van der Waals surface area contributed by atoms with Crippen LogP contribution in [0, 0.1) is 5.92 Å². The summed E-state index contributed by atoms with van der Waals surface area (Å²) in [5.41, 5.74) is 5.66. The fraction of sp³-hybridized carbons (Fsp3) is 0.900. The summed E-state index contributed by atoms with van der Waals surface area (Å²) in [7, 11) is 2.08. The summed E-state index contributed by atoms with van der Waals surface area (Å²) in [6.07, 6.45) is 2.20. The van der Waals surface area contributed by atoms with Crippen molar-refractivity contribution in [3.05, 3.63) is 0 Å². The van der Waals surface area contributed by atoms with Crippen LogP contribution in [-0.4, -0.2) is 55.0 Å². The van der Waals surface area contributed by atoms with Gasteiger partial charge in [-0.2, -0.15) is 0 Å². The quantitative estimate of drug-likeness (QED) is 0.616. The lowest BCUT2D eigenvalue weighted by atomic mass is 9.95. The van der Waals surface area contributed by atoms with Gasteiger partial charge in [0.25, 0.3) is 0 Å². The topological polar surface area (TPSA) is 49.6 Å².